The molecule has 0 amide bonds. The predicted octanol–water partition coefficient (Wildman–Crippen LogP) is 13.0. The van der Waals surface area contributed by atoms with E-state index in [9.17, 15) is 0 Å². The van der Waals surface area contributed by atoms with Crippen LogP contribution in [0.25, 0.3) is 62.0 Å². The Morgan fingerprint density at radius 3 is 1.35 bits per heavy atom. The molecule has 0 N–H and O–H groups in total. The summed E-state index contributed by atoms with van der Waals surface area (Å²) in [6.07, 6.45) is 2.49. The molecule has 55 heavy (non-hydrogen) atoms. The van der Waals surface area contributed by atoms with E-state index in [-0.39, 0.29) is 11.8 Å². The fraction of sp³-hybridized carbons (Fsp3) is 0.0577. The Hall–Kier alpha value is -6.97. The van der Waals surface area contributed by atoms with E-state index in [2.05, 4.69) is 177 Å². The highest BCUT2D eigenvalue weighted by molar-refractivity contribution is 6.16. The zero-order valence-corrected chi connectivity index (χ0v) is 30.6. The van der Waals surface area contributed by atoms with Crippen molar-refractivity contribution in [2.24, 2.45) is 5.92 Å². The van der Waals surface area contributed by atoms with Crippen LogP contribution < -0.4 is 0 Å². The largest absolute Gasteiger partial charge is 0.208 e. The zero-order chi connectivity index (χ0) is 37.0. The minimum Gasteiger partial charge on any atom is -0.208 e. The summed E-state index contributed by atoms with van der Waals surface area (Å²) in [7, 11) is 0. The van der Waals surface area contributed by atoms with Crippen molar-refractivity contribution in [3.8, 4) is 45.3 Å². The first-order valence-corrected chi connectivity index (χ1v) is 18.9. The molecule has 0 bridgehead atoms. The van der Waals surface area contributed by atoms with E-state index in [0.29, 0.717) is 17.5 Å². The van der Waals surface area contributed by atoms with Gasteiger partial charge in [0.1, 0.15) is 0 Å². The third-order valence-electron chi connectivity index (χ3n) is 10.6. The van der Waals surface area contributed by atoms with Crippen LogP contribution in [0.4, 0.5) is 0 Å². The Balaban J connectivity index is 1.18. The van der Waals surface area contributed by atoms with Gasteiger partial charge in [-0.2, -0.15) is 0 Å². The maximum absolute atomic E-state index is 5.11. The van der Waals surface area contributed by atoms with Crippen LogP contribution in [0.2, 0.25) is 0 Å². The molecule has 8 aromatic rings. The molecule has 7 aromatic carbocycles. The van der Waals surface area contributed by atoms with Crippen LogP contribution in [0.3, 0.4) is 0 Å². The number of benzene rings is 7. The molecule has 2 atom stereocenters. The number of hydrogen-bond acceptors (Lipinski definition) is 3. The van der Waals surface area contributed by atoms with Gasteiger partial charge in [0, 0.05) is 22.6 Å². The first kappa shape index (κ1) is 33.8. The Bertz CT molecular complexity index is 2610. The highest BCUT2D eigenvalue weighted by atomic mass is 15.0. The maximum Gasteiger partial charge on any atom is 0.164 e. The summed E-state index contributed by atoms with van der Waals surface area (Å²) in [4.78, 5) is 15.2. The third-order valence-corrected chi connectivity index (χ3v) is 10.6. The average molecular weight is 706 g/mol. The summed E-state index contributed by atoms with van der Waals surface area (Å²) in [5, 5.41) is 0. The molecule has 262 valence electrons. The molecule has 3 heteroatoms. The van der Waals surface area contributed by atoms with Crippen LogP contribution in [0.5, 0.6) is 0 Å². The SMILES string of the molecule is CC1C(c2ccccc2)=C(c2ccc(-c3nc(-c4ccccc4)nc(-c4cccc(-c5ccccc5)c4)n3)cc2)C(c2ccccc2)=CC1c1ccccc1. The second kappa shape index (κ2) is 15.2. The molecule has 1 heterocycles. The molecule has 1 aliphatic rings. The van der Waals surface area contributed by atoms with Crippen molar-refractivity contribution >= 4 is 16.7 Å². The Kier molecular flexibility index (Phi) is 9.34. The molecule has 0 spiro atoms. The van der Waals surface area contributed by atoms with Gasteiger partial charge in [0.25, 0.3) is 0 Å². The molecule has 0 fully saturated rings. The highest BCUT2D eigenvalue weighted by Gasteiger charge is 2.32. The average Bonchev–Trinajstić information content (AvgIpc) is 3.27. The molecule has 0 aliphatic heterocycles. The second-order valence-corrected chi connectivity index (χ2v) is 14.0. The minimum absolute atomic E-state index is 0.218. The predicted molar refractivity (Wildman–Crippen MR) is 228 cm³/mol. The van der Waals surface area contributed by atoms with Gasteiger partial charge in [-0.05, 0) is 62.1 Å². The lowest BCUT2D eigenvalue weighted by Gasteiger charge is -2.34. The molecule has 9 rings (SSSR count). The second-order valence-electron chi connectivity index (χ2n) is 14.0. The van der Waals surface area contributed by atoms with Crippen molar-refractivity contribution in [1.29, 1.82) is 0 Å². The van der Waals surface area contributed by atoms with Gasteiger partial charge in [-0.1, -0.05) is 207 Å². The van der Waals surface area contributed by atoms with Crippen molar-refractivity contribution in [3.05, 3.63) is 229 Å². The smallest absolute Gasteiger partial charge is 0.164 e. The Morgan fingerprint density at radius 1 is 0.345 bits per heavy atom. The molecular formula is C52H39N3. The minimum atomic E-state index is 0.218. The van der Waals surface area contributed by atoms with Crippen molar-refractivity contribution in [3.63, 3.8) is 0 Å². The van der Waals surface area contributed by atoms with Gasteiger partial charge in [-0.25, -0.2) is 15.0 Å². The summed E-state index contributed by atoms with van der Waals surface area (Å²) in [5.74, 6) is 2.37. The van der Waals surface area contributed by atoms with Gasteiger partial charge in [0.2, 0.25) is 0 Å². The fourth-order valence-electron chi connectivity index (χ4n) is 7.82. The number of aromatic nitrogens is 3. The topological polar surface area (TPSA) is 38.7 Å². The van der Waals surface area contributed by atoms with Gasteiger partial charge >= 0.3 is 0 Å². The Labute approximate surface area is 323 Å². The summed E-state index contributed by atoms with van der Waals surface area (Å²) < 4.78 is 0. The first-order valence-electron chi connectivity index (χ1n) is 18.9. The van der Waals surface area contributed by atoms with Crippen LogP contribution in [0, 0.1) is 5.92 Å². The van der Waals surface area contributed by atoms with Gasteiger partial charge in [0.15, 0.2) is 17.5 Å². The number of rotatable bonds is 8. The van der Waals surface area contributed by atoms with Crippen molar-refractivity contribution in [1.82, 2.24) is 15.0 Å². The summed E-state index contributed by atoms with van der Waals surface area (Å²) >= 11 is 0. The van der Waals surface area contributed by atoms with E-state index >= 15 is 0 Å². The van der Waals surface area contributed by atoms with Crippen LogP contribution in [0.1, 0.15) is 35.1 Å². The van der Waals surface area contributed by atoms with E-state index in [4.69, 9.17) is 15.0 Å². The molecule has 0 saturated carbocycles. The summed E-state index contributed by atoms with van der Waals surface area (Å²) in [5.41, 5.74) is 13.8. The quantitative estimate of drug-likeness (QED) is 0.158. The van der Waals surface area contributed by atoms with Crippen molar-refractivity contribution < 1.29 is 0 Å². The first-order chi connectivity index (χ1) is 27.2. The van der Waals surface area contributed by atoms with Crippen LogP contribution in [-0.4, -0.2) is 15.0 Å². The lowest BCUT2D eigenvalue weighted by Crippen LogP contribution is -2.17. The standard InChI is InChI=1S/C52H39N3/c1-36-46(38-20-9-3-10-21-38)35-47(39-22-11-4-12-23-39)49(48(36)40-24-13-5-14-25-40)41-30-32-43(33-31-41)51-53-50(42-26-15-6-16-27-42)54-52(55-51)45-29-17-28-44(34-45)37-18-7-2-8-19-37/h2-36,46H,1H3. The van der Waals surface area contributed by atoms with Gasteiger partial charge < -0.3 is 0 Å². The summed E-state index contributed by atoms with van der Waals surface area (Å²) in [6.45, 7) is 2.37. The number of hydrogen-bond donors (Lipinski definition) is 0. The monoisotopic (exact) mass is 705 g/mol. The van der Waals surface area contributed by atoms with E-state index in [1.807, 2.05) is 36.4 Å². The molecule has 1 aromatic heterocycles. The van der Waals surface area contributed by atoms with Crippen LogP contribution in [-0.2, 0) is 0 Å². The molecule has 3 nitrogen and oxygen atoms in total. The maximum atomic E-state index is 5.11. The third kappa shape index (κ3) is 6.96. The van der Waals surface area contributed by atoms with Crippen LogP contribution in [0.15, 0.2) is 206 Å². The molecular weight excluding hydrogens is 667 g/mol. The number of nitrogens with zero attached hydrogens (tertiary/aromatic N) is 3. The Morgan fingerprint density at radius 2 is 0.764 bits per heavy atom. The van der Waals surface area contributed by atoms with E-state index < -0.39 is 0 Å². The van der Waals surface area contributed by atoms with Crippen molar-refractivity contribution in [2.75, 3.05) is 0 Å². The highest BCUT2D eigenvalue weighted by Crippen LogP contribution is 2.50. The van der Waals surface area contributed by atoms with Gasteiger partial charge in [-0.15, -0.1) is 0 Å². The zero-order valence-electron chi connectivity index (χ0n) is 30.6. The van der Waals surface area contributed by atoms with E-state index in [1.54, 1.807) is 0 Å². The van der Waals surface area contributed by atoms with Gasteiger partial charge in [-0.3, -0.25) is 0 Å². The lowest BCUT2D eigenvalue weighted by molar-refractivity contribution is 0.657. The summed E-state index contributed by atoms with van der Waals surface area (Å²) in [6, 6.07) is 70.4. The van der Waals surface area contributed by atoms with Gasteiger partial charge in [0.05, 0.1) is 0 Å². The molecule has 2 unspecified atom stereocenters. The molecule has 0 radical (unpaired) electrons. The number of allylic oxidation sites excluding steroid dienone is 4. The van der Waals surface area contributed by atoms with Crippen LogP contribution >= 0.6 is 0 Å². The normalized spacial score (nSPS) is 15.4. The van der Waals surface area contributed by atoms with Crippen molar-refractivity contribution in [2.45, 2.75) is 12.8 Å². The lowest BCUT2D eigenvalue weighted by atomic mass is 9.69. The van der Waals surface area contributed by atoms with E-state index in [1.165, 1.54) is 33.4 Å². The molecule has 1 aliphatic carbocycles. The fourth-order valence-corrected chi connectivity index (χ4v) is 7.82. The van der Waals surface area contributed by atoms with E-state index in [0.717, 1.165) is 33.4 Å². The molecule has 0 saturated heterocycles.